The number of thioether (sulfide) groups is 1. The molecule has 10 heteroatoms. The second kappa shape index (κ2) is 9.98. The lowest BCUT2D eigenvalue weighted by atomic mass is 10.1. The first-order chi connectivity index (χ1) is 17.7. The van der Waals surface area contributed by atoms with Crippen molar-refractivity contribution in [1.82, 2.24) is 14.5 Å². The van der Waals surface area contributed by atoms with Crippen LogP contribution >= 0.6 is 11.8 Å². The number of aromatic nitrogens is 3. The summed E-state index contributed by atoms with van der Waals surface area (Å²) in [7, 11) is 0. The molecule has 0 aliphatic carbocycles. The van der Waals surface area contributed by atoms with Gasteiger partial charge in [-0.05, 0) is 58.1 Å². The third kappa shape index (κ3) is 5.04. The molecular formula is C27H33N5O4S. The molecule has 0 spiro atoms. The highest BCUT2D eigenvalue weighted by atomic mass is 32.2. The van der Waals surface area contributed by atoms with E-state index in [1.54, 1.807) is 15.7 Å². The van der Waals surface area contributed by atoms with Crippen LogP contribution in [0.2, 0.25) is 0 Å². The van der Waals surface area contributed by atoms with Gasteiger partial charge in [0, 0.05) is 43.7 Å². The first kappa shape index (κ1) is 25.5. The van der Waals surface area contributed by atoms with Crippen LogP contribution in [0.4, 0.5) is 21.9 Å². The number of amides is 1. The number of hydrogen-bond donors (Lipinski definition) is 0. The fourth-order valence-corrected chi connectivity index (χ4v) is 5.31. The molecule has 2 aromatic heterocycles. The molecule has 37 heavy (non-hydrogen) atoms. The third-order valence-electron chi connectivity index (χ3n) is 6.66. The number of para-hydroxylation sites is 1. The largest absolute Gasteiger partial charge is 0.443 e. The van der Waals surface area contributed by atoms with Gasteiger partial charge in [-0.15, -0.1) is 0 Å². The van der Waals surface area contributed by atoms with Crippen LogP contribution in [0.15, 0.2) is 40.4 Å². The summed E-state index contributed by atoms with van der Waals surface area (Å²) in [6.07, 6.45) is 4.23. The Bertz CT molecular complexity index is 1390. The Morgan fingerprint density at radius 1 is 1.24 bits per heavy atom. The summed E-state index contributed by atoms with van der Waals surface area (Å²) in [5.74, 6) is 0.252. The van der Waals surface area contributed by atoms with Crippen molar-refractivity contribution < 1.29 is 14.3 Å². The van der Waals surface area contributed by atoms with Crippen molar-refractivity contribution in [3.05, 3.63) is 46.4 Å². The summed E-state index contributed by atoms with van der Waals surface area (Å²) in [4.78, 5) is 40.0. The van der Waals surface area contributed by atoms with E-state index in [1.165, 1.54) is 11.8 Å². The Hall–Kier alpha value is -3.11. The minimum absolute atomic E-state index is 0.108. The van der Waals surface area contributed by atoms with E-state index in [0.29, 0.717) is 49.3 Å². The van der Waals surface area contributed by atoms with Crippen molar-refractivity contribution >= 4 is 46.0 Å². The van der Waals surface area contributed by atoms with Crippen molar-refractivity contribution in [1.29, 1.82) is 0 Å². The van der Waals surface area contributed by atoms with Crippen LogP contribution in [0, 0.1) is 12.8 Å². The normalized spacial score (nSPS) is 17.8. The zero-order valence-electron chi connectivity index (χ0n) is 22.0. The molecule has 196 valence electrons. The van der Waals surface area contributed by atoms with Crippen molar-refractivity contribution in [2.75, 3.05) is 42.4 Å². The lowest BCUT2D eigenvalue weighted by Crippen LogP contribution is -2.46. The molecule has 1 atom stereocenters. The number of hydrogen-bond acceptors (Lipinski definition) is 8. The first-order valence-corrected chi connectivity index (χ1v) is 13.8. The Balaban J connectivity index is 1.63. The highest BCUT2D eigenvalue weighted by molar-refractivity contribution is 7.98. The molecule has 1 amide bonds. The zero-order valence-corrected chi connectivity index (χ0v) is 22.8. The molecule has 0 N–H and O–H groups in total. The Morgan fingerprint density at radius 3 is 2.76 bits per heavy atom. The van der Waals surface area contributed by atoms with Gasteiger partial charge < -0.3 is 14.4 Å². The van der Waals surface area contributed by atoms with Crippen LogP contribution in [-0.2, 0) is 16.0 Å². The van der Waals surface area contributed by atoms with Gasteiger partial charge in [0.2, 0.25) is 0 Å². The minimum atomic E-state index is -0.608. The van der Waals surface area contributed by atoms with Crippen molar-refractivity contribution in [3.63, 3.8) is 0 Å². The molecule has 2 aliphatic heterocycles. The summed E-state index contributed by atoms with van der Waals surface area (Å²) in [5.41, 5.74) is 2.95. The van der Waals surface area contributed by atoms with E-state index in [4.69, 9.17) is 14.5 Å². The Morgan fingerprint density at radius 2 is 2.05 bits per heavy atom. The molecule has 3 aromatic rings. The summed E-state index contributed by atoms with van der Waals surface area (Å²) in [6.45, 7) is 10.3. The number of rotatable bonds is 4. The molecule has 1 saturated heterocycles. The maximum atomic E-state index is 14.1. The van der Waals surface area contributed by atoms with Crippen molar-refractivity contribution in [3.8, 4) is 0 Å². The number of pyridine rings is 1. The second-order valence-corrected chi connectivity index (χ2v) is 11.3. The lowest BCUT2D eigenvalue weighted by Gasteiger charge is -2.39. The Kier molecular flexibility index (Phi) is 6.89. The summed E-state index contributed by atoms with van der Waals surface area (Å²) < 4.78 is 13.1. The molecular weight excluding hydrogens is 490 g/mol. The van der Waals surface area contributed by atoms with E-state index in [-0.39, 0.29) is 11.5 Å². The van der Waals surface area contributed by atoms with Crippen LogP contribution in [0.5, 0.6) is 0 Å². The minimum Gasteiger partial charge on any atom is -0.443 e. The van der Waals surface area contributed by atoms with E-state index in [0.717, 1.165) is 28.7 Å². The fraction of sp³-hybridized carbons (Fsp3) is 0.481. The summed E-state index contributed by atoms with van der Waals surface area (Å²) in [6, 6.07) is 7.74. The number of carbonyl (C=O) groups excluding carboxylic acids is 1. The Labute approximate surface area is 220 Å². The monoisotopic (exact) mass is 523 g/mol. The first-order valence-electron chi connectivity index (χ1n) is 12.6. The van der Waals surface area contributed by atoms with Crippen LogP contribution in [0.1, 0.15) is 32.8 Å². The number of carbonyl (C=O) groups is 1. The third-order valence-corrected chi connectivity index (χ3v) is 7.22. The molecule has 0 radical (unpaired) electrons. The average Bonchev–Trinajstić information content (AvgIpc) is 3.37. The number of benzene rings is 1. The van der Waals surface area contributed by atoms with Gasteiger partial charge >= 0.3 is 6.09 Å². The van der Waals surface area contributed by atoms with E-state index in [1.807, 2.05) is 63.1 Å². The predicted octanol–water partition coefficient (Wildman–Crippen LogP) is 4.75. The second-order valence-electron chi connectivity index (χ2n) is 10.5. The van der Waals surface area contributed by atoms with E-state index < -0.39 is 11.7 Å². The number of nitrogens with zero attached hydrogens (tertiary/aromatic N) is 5. The van der Waals surface area contributed by atoms with E-state index in [2.05, 4.69) is 4.98 Å². The molecule has 1 unspecified atom stereocenters. The SMILES string of the molecule is CSc1ncc2cc(N3CCN(C(=O)OC(C)(C)C)c4c(C)cccc43)c(=O)n(CC3CCOC3)c2n1. The molecule has 2 aliphatic rings. The van der Waals surface area contributed by atoms with Crippen LogP contribution in [0.3, 0.4) is 0 Å². The maximum absolute atomic E-state index is 14.1. The van der Waals surface area contributed by atoms with Gasteiger partial charge in [0.05, 0.1) is 18.0 Å². The van der Waals surface area contributed by atoms with Crippen LogP contribution in [0.25, 0.3) is 11.0 Å². The van der Waals surface area contributed by atoms with Crippen LogP contribution in [-0.4, -0.2) is 58.8 Å². The smallest absolute Gasteiger partial charge is 0.414 e. The highest BCUT2D eigenvalue weighted by Gasteiger charge is 2.33. The number of ether oxygens (including phenoxy) is 2. The molecule has 5 rings (SSSR count). The molecule has 1 aromatic carbocycles. The molecule has 0 bridgehead atoms. The topological polar surface area (TPSA) is 89.8 Å². The highest BCUT2D eigenvalue weighted by Crippen LogP contribution is 2.40. The van der Waals surface area contributed by atoms with E-state index >= 15 is 0 Å². The van der Waals surface area contributed by atoms with Gasteiger partial charge in [0.25, 0.3) is 5.56 Å². The van der Waals surface area contributed by atoms with Crippen LogP contribution < -0.4 is 15.4 Å². The lowest BCUT2D eigenvalue weighted by molar-refractivity contribution is 0.0580. The van der Waals surface area contributed by atoms with Gasteiger partial charge in [-0.3, -0.25) is 14.3 Å². The van der Waals surface area contributed by atoms with Gasteiger partial charge in [-0.1, -0.05) is 23.9 Å². The van der Waals surface area contributed by atoms with Gasteiger partial charge in [-0.25, -0.2) is 14.8 Å². The molecule has 1 fully saturated rings. The molecule has 9 nitrogen and oxygen atoms in total. The number of aryl methyl sites for hydroxylation is 1. The van der Waals surface area contributed by atoms with Gasteiger partial charge in [0.15, 0.2) is 5.16 Å². The molecule has 0 saturated carbocycles. The standard InChI is InChI=1S/C27H33N5O4S/c1-17-7-6-8-20-22(17)31(26(34)36-27(2,3)4)11-10-30(20)21-13-19-14-28-25(37-5)29-23(19)32(24(21)33)15-18-9-12-35-16-18/h6-8,13-14,18H,9-12,15-16H2,1-5H3. The van der Waals surface area contributed by atoms with E-state index in [9.17, 15) is 9.59 Å². The molecule has 4 heterocycles. The predicted molar refractivity (Wildman–Crippen MR) is 146 cm³/mol. The summed E-state index contributed by atoms with van der Waals surface area (Å²) in [5, 5.41) is 1.43. The fourth-order valence-electron chi connectivity index (χ4n) is 4.97. The maximum Gasteiger partial charge on any atom is 0.414 e. The quantitative estimate of drug-likeness (QED) is 0.358. The van der Waals surface area contributed by atoms with Gasteiger partial charge in [-0.2, -0.15) is 0 Å². The number of anilines is 3. The van der Waals surface area contributed by atoms with Gasteiger partial charge in [0.1, 0.15) is 16.9 Å². The average molecular weight is 524 g/mol. The zero-order chi connectivity index (χ0) is 26.3. The van der Waals surface area contributed by atoms with Crippen molar-refractivity contribution in [2.45, 2.75) is 51.4 Å². The van der Waals surface area contributed by atoms with Crippen molar-refractivity contribution in [2.24, 2.45) is 5.92 Å². The number of fused-ring (bicyclic) bond motifs is 2. The summed E-state index contributed by atoms with van der Waals surface area (Å²) >= 11 is 1.45.